The Morgan fingerprint density at radius 3 is 2.66 bits per heavy atom. The number of fused-ring (bicyclic) bond motifs is 1. The molecule has 4 nitrogen and oxygen atoms in total. The second kappa shape index (κ2) is 7.85. The number of halogens is 3. The zero-order valence-corrected chi connectivity index (χ0v) is 16.8. The summed E-state index contributed by atoms with van der Waals surface area (Å²) in [6, 6.07) is 12.6. The first-order valence-corrected chi connectivity index (χ1v) is 9.60. The van der Waals surface area contributed by atoms with Gasteiger partial charge in [-0.2, -0.15) is 0 Å². The normalized spacial score (nSPS) is 12.1. The van der Waals surface area contributed by atoms with E-state index in [1.807, 2.05) is 19.1 Å². The van der Waals surface area contributed by atoms with Gasteiger partial charge in [-0.05, 0) is 36.8 Å². The first-order valence-electron chi connectivity index (χ1n) is 8.85. The van der Waals surface area contributed by atoms with Crippen molar-refractivity contribution in [3.05, 3.63) is 93.5 Å². The van der Waals surface area contributed by atoms with E-state index in [2.05, 4.69) is 15.3 Å². The van der Waals surface area contributed by atoms with E-state index in [0.29, 0.717) is 21.9 Å². The number of nitrogens with zero attached hydrogens (tertiary/aromatic N) is 2. The zero-order valence-electron chi connectivity index (χ0n) is 15.3. The fourth-order valence-electron chi connectivity index (χ4n) is 3.30. The monoisotopic (exact) mass is 427 g/mol. The summed E-state index contributed by atoms with van der Waals surface area (Å²) in [4.78, 5) is 8.58. The van der Waals surface area contributed by atoms with E-state index in [1.54, 1.807) is 30.5 Å². The van der Waals surface area contributed by atoms with Crippen LogP contribution < -0.4 is 5.32 Å². The molecular formula is C22H16Cl2FN3O. The SMILES string of the molecule is Cc1cc(Cl)cnc1NC(c1ccc2cccnc2c1O)c1c(F)cccc1Cl. The first kappa shape index (κ1) is 19.4. The highest BCUT2D eigenvalue weighted by atomic mass is 35.5. The lowest BCUT2D eigenvalue weighted by Crippen LogP contribution is -2.16. The molecule has 2 heterocycles. The van der Waals surface area contributed by atoms with Crippen LogP contribution in [0.2, 0.25) is 10.0 Å². The molecule has 1 atom stereocenters. The molecule has 0 radical (unpaired) electrons. The van der Waals surface area contributed by atoms with Crippen molar-refractivity contribution in [3.63, 3.8) is 0 Å². The van der Waals surface area contributed by atoms with Crippen molar-refractivity contribution in [2.75, 3.05) is 5.32 Å². The van der Waals surface area contributed by atoms with Gasteiger partial charge < -0.3 is 10.4 Å². The number of hydrogen-bond acceptors (Lipinski definition) is 4. The highest BCUT2D eigenvalue weighted by Gasteiger charge is 2.25. The molecule has 0 amide bonds. The highest BCUT2D eigenvalue weighted by molar-refractivity contribution is 6.31. The lowest BCUT2D eigenvalue weighted by molar-refractivity contribution is 0.470. The number of nitrogens with one attached hydrogen (secondary N) is 1. The quantitative estimate of drug-likeness (QED) is 0.401. The molecule has 2 N–H and O–H groups in total. The molecule has 0 fully saturated rings. The smallest absolute Gasteiger partial charge is 0.147 e. The molecule has 4 rings (SSSR count). The molecule has 146 valence electrons. The summed E-state index contributed by atoms with van der Waals surface area (Å²) < 4.78 is 14.8. The molecule has 0 saturated carbocycles. The minimum atomic E-state index is -0.803. The second-order valence-electron chi connectivity index (χ2n) is 6.61. The Bertz CT molecular complexity index is 1200. The van der Waals surface area contributed by atoms with E-state index in [4.69, 9.17) is 23.2 Å². The van der Waals surface area contributed by atoms with E-state index < -0.39 is 11.9 Å². The number of aromatic nitrogens is 2. The largest absolute Gasteiger partial charge is 0.505 e. The van der Waals surface area contributed by atoms with E-state index in [1.165, 1.54) is 18.3 Å². The second-order valence-corrected chi connectivity index (χ2v) is 7.45. The van der Waals surface area contributed by atoms with Gasteiger partial charge >= 0.3 is 0 Å². The Labute approximate surface area is 177 Å². The van der Waals surface area contributed by atoms with Gasteiger partial charge in [0.1, 0.15) is 22.9 Å². The topological polar surface area (TPSA) is 58.0 Å². The highest BCUT2D eigenvalue weighted by Crippen LogP contribution is 2.39. The molecule has 0 aliphatic heterocycles. The van der Waals surface area contributed by atoms with Crippen LogP contribution >= 0.6 is 23.2 Å². The standard InChI is InChI=1S/C22H16Cl2FN3O/c1-12-10-14(23)11-27-22(12)28-20(18-16(24)5-2-6-17(18)25)15-8-7-13-4-3-9-26-19(13)21(15)29/h2-11,20,29H,1H3,(H,27,28). The van der Waals surface area contributed by atoms with Crippen LogP contribution in [0.5, 0.6) is 5.75 Å². The van der Waals surface area contributed by atoms with Crippen LogP contribution in [0.4, 0.5) is 10.2 Å². The molecule has 2 aromatic carbocycles. The van der Waals surface area contributed by atoms with Crippen molar-refractivity contribution in [1.82, 2.24) is 9.97 Å². The summed E-state index contributed by atoms with van der Waals surface area (Å²) in [5, 5.41) is 15.7. The van der Waals surface area contributed by atoms with E-state index >= 15 is 0 Å². The number of hydrogen-bond donors (Lipinski definition) is 2. The van der Waals surface area contributed by atoms with Crippen molar-refractivity contribution in [3.8, 4) is 5.75 Å². The van der Waals surface area contributed by atoms with Gasteiger partial charge in [0.2, 0.25) is 0 Å². The summed E-state index contributed by atoms with van der Waals surface area (Å²) in [5.41, 5.74) is 1.83. The average molecular weight is 428 g/mol. The number of pyridine rings is 2. The van der Waals surface area contributed by atoms with Crippen LogP contribution in [0.3, 0.4) is 0 Å². The number of phenols is 1. The van der Waals surface area contributed by atoms with Crippen molar-refractivity contribution in [2.45, 2.75) is 13.0 Å². The Morgan fingerprint density at radius 1 is 1.07 bits per heavy atom. The molecule has 0 spiro atoms. The van der Waals surface area contributed by atoms with Gasteiger partial charge in [0.05, 0.1) is 11.1 Å². The van der Waals surface area contributed by atoms with Crippen molar-refractivity contribution in [1.29, 1.82) is 0 Å². The molecule has 4 aromatic rings. The van der Waals surface area contributed by atoms with Crippen LogP contribution in [0.1, 0.15) is 22.7 Å². The third-order valence-electron chi connectivity index (χ3n) is 4.70. The predicted octanol–water partition coefficient (Wildman–Crippen LogP) is 6.29. The number of aryl methyl sites for hydroxylation is 1. The van der Waals surface area contributed by atoms with Gasteiger partial charge in [0.25, 0.3) is 0 Å². The number of phenolic OH excluding ortho intramolecular Hbond substituents is 1. The molecule has 1 unspecified atom stereocenters. The maximum absolute atomic E-state index is 14.8. The van der Waals surface area contributed by atoms with Crippen LogP contribution in [-0.2, 0) is 0 Å². The molecule has 0 aliphatic carbocycles. The summed E-state index contributed by atoms with van der Waals surface area (Å²) in [6.45, 7) is 1.84. The molecule has 29 heavy (non-hydrogen) atoms. The number of benzene rings is 2. The van der Waals surface area contributed by atoms with Crippen LogP contribution in [0.25, 0.3) is 10.9 Å². The third-order valence-corrected chi connectivity index (χ3v) is 5.24. The number of rotatable bonds is 4. The van der Waals surface area contributed by atoms with Crippen molar-refractivity contribution in [2.24, 2.45) is 0 Å². The molecule has 0 bridgehead atoms. The Morgan fingerprint density at radius 2 is 1.90 bits per heavy atom. The van der Waals surface area contributed by atoms with Gasteiger partial charge in [-0.15, -0.1) is 0 Å². The first-order chi connectivity index (χ1) is 14.0. The van der Waals surface area contributed by atoms with Crippen LogP contribution in [0, 0.1) is 12.7 Å². The summed E-state index contributed by atoms with van der Waals surface area (Å²) in [7, 11) is 0. The van der Waals surface area contributed by atoms with Gasteiger partial charge in [-0.25, -0.2) is 9.37 Å². The maximum atomic E-state index is 14.8. The third kappa shape index (κ3) is 3.71. The average Bonchev–Trinajstić information content (AvgIpc) is 2.69. The van der Waals surface area contributed by atoms with Crippen molar-refractivity contribution < 1.29 is 9.50 Å². The number of anilines is 1. The van der Waals surface area contributed by atoms with E-state index in [9.17, 15) is 9.50 Å². The molecule has 7 heteroatoms. The summed E-state index contributed by atoms with van der Waals surface area (Å²) in [5.74, 6) is -0.0482. The molecular weight excluding hydrogens is 412 g/mol. The van der Waals surface area contributed by atoms with Crippen molar-refractivity contribution >= 4 is 39.9 Å². The lowest BCUT2D eigenvalue weighted by atomic mass is 9.95. The van der Waals surface area contributed by atoms with Crippen LogP contribution in [0.15, 0.2) is 60.9 Å². The molecule has 0 saturated heterocycles. The lowest BCUT2D eigenvalue weighted by Gasteiger charge is -2.24. The molecule has 2 aromatic heterocycles. The molecule has 0 aliphatic rings. The van der Waals surface area contributed by atoms with Gasteiger partial charge in [-0.3, -0.25) is 4.98 Å². The van der Waals surface area contributed by atoms with Gasteiger partial charge in [0.15, 0.2) is 0 Å². The Kier molecular flexibility index (Phi) is 5.26. The Balaban J connectivity index is 1.92. The van der Waals surface area contributed by atoms with E-state index in [0.717, 1.165) is 10.9 Å². The minimum absolute atomic E-state index is 0.0495. The van der Waals surface area contributed by atoms with Gasteiger partial charge in [-0.1, -0.05) is 47.5 Å². The zero-order chi connectivity index (χ0) is 20.5. The van der Waals surface area contributed by atoms with E-state index in [-0.39, 0.29) is 16.3 Å². The van der Waals surface area contributed by atoms with Crippen LogP contribution in [-0.4, -0.2) is 15.1 Å². The minimum Gasteiger partial charge on any atom is -0.505 e. The fraction of sp³-hybridized carbons (Fsp3) is 0.0909. The van der Waals surface area contributed by atoms with Gasteiger partial charge in [0, 0.05) is 33.9 Å². The Hall–Kier alpha value is -2.89. The summed E-state index contributed by atoms with van der Waals surface area (Å²) in [6.07, 6.45) is 3.09. The maximum Gasteiger partial charge on any atom is 0.147 e. The fourth-order valence-corrected chi connectivity index (χ4v) is 3.78. The summed E-state index contributed by atoms with van der Waals surface area (Å²) >= 11 is 12.4. The predicted molar refractivity (Wildman–Crippen MR) is 114 cm³/mol. The number of aromatic hydroxyl groups is 1.